The smallest absolute Gasteiger partial charge is 0.180 e. The molecule has 20 heavy (non-hydrogen) atoms. The average molecular weight is 317 g/mol. The van der Waals surface area contributed by atoms with Gasteiger partial charge in [0.15, 0.2) is 19.7 Å². The number of sulfone groups is 2. The third-order valence-corrected chi connectivity index (χ3v) is 7.03. The van der Waals surface area contributed by atoms with Crippen LogP contribution in [0.15, 0.2) is 29.2 Å². The van der Waals surface area contributed by atoms with Crippen molar-refractivity contribution >= 4 is 25.4 Å². The summed E-state index contributed by atoms with van der Waals surface area (Å²) in [5.41, 5.74) is 0.497. The van der Waals surface area contributed by atoms with E-state index in [2.05, 4.69) is 5.32 Å². The fourth-order valence-corrected chi connectivity index (χ4v) is 5.06. The Balaban J connectivity index is 2.26. The van der Waals surface area contributed by atoms with Crippen molar-refractivity contribution < 1.29 is 16.8 Å². The van der Waals surface area contributed by atoms with Gasteiger partial charge in [-0.15, -0.1) is 0 Å². The van der Waals surface area contributed by atoms with Crippen molar-refractivity contribution in [3.05, 3.63) is 24.3 Å². The standard InChI is InChI=1S/C13H19NO4S2/c1-2-20(17,18)13-8-4-3-7-12(13)14-11-6-5-9-19(15,16)10-11/h3-4,7-8,11,14H,2,5-6,9-10H2,1H3. The van der Waals surface area contributed by atoms with Gasteiger partial charge in [0, 0.05) is 6.04 Å². The molecule has 0 bridgehead atoms. The molecule has 1 fully saturated rings. The van der Waals surface area contributed by atoms with Crippen molar-refractivity contribution in [3.63, 3.8) is 0 Å². The molecule has 0 radical (unpaired) electrons. The van der Waals surface area contributed by atoms with Gasteiger partial charge in [-0.3, -0.25) is 0 Å². The van der Waals surface area contributed by atoms with Gasteiger partial charge in [0.2, 0.25) is 0 Å². The summed E-state index contributed by atoms with van der Waals surface area (Å²) < 4.78 is 47.3. The van der Waals surface area contributed by atoms with Gasteiger partial charge >= 0.3 is 0 Å². The van der Waals surface area contributed by atoms with E-state index in [9.17, 15) is 16.8 Å². The van der Waals surface area contributed by atoms with Gasteiger partial charge in [0.1, 0.15) is 0 Å². The molecular weight excluding hydrogens is 298 g/mol. The van der Waals surface area contributed by atoms with E-state index in [1.54, 1.807) is 31.2 Å². The third-order valence-electron chi connectivity index (χ3n) is 3.42. The van der Waals surface area contributed by atoms with Gasteiger partial charge in [-0.1, -0.05) is 19.1 Å². The Bertz CT molecular complexity index is 680. The van der Waals surface area contributed by atoms with Crippen LogP contribution in [-0.4, -0.2) is 40.1 Å². The monoisotopic (exact) mass is 317 g/mol. The third kappa shape index (κ3) is 3.52. The number of anilines is 1. The second kappa shape index (κ2) is 5.73. The van der Waals surface area contributed by atoms with Crippen molar-refractivity contribution in [2.45, 2.75) is 30.7 Å². The topological polar surface area (TPSA) is 80.3 Å². The second-order valence-electron chi connectivity index (χ2n) is 5.00. The Labute approximate surface area is 120 Å². The molecule has 1 aliphatic heterocycles. The minimum atomic E-state index is -3.32. The predicted octanol–water partition coefficient (Wildman–Crippen LogP) is 1.47. The molecule has 1 unspecified atom stereocenters. The van der Waals surface area contributed by atoms with Gasteiger partial charge in [0.25, 0.3) is 0 Å². The van der Waals surface area contributed by atoms with Crippen LogP contribution < -0.4 is 5.32 Å². The zero-order valence-electron chi connectivity index (χ0n) is 11.4. The molecule has 1 aliphatic rings. The normalized spacial score (nSPS) is 22.4. The molecule has 112 valence electrons. The van der Waals surface area contributed by atoms with Crippen molar-refractivity contribution in [3.8, 4) is 0 Å². The number of nitrogens with one attached hydrogen (secondary N) is 1. The van der Waals surface area contributed by atoms with Crippen molar-refractivity contribution in [1.82, 2.24) is 0 Å². The molecular formula is C13H19NO4S2. The maximum absolute atomic E-state index is 12.0. The summed E-state index contributed by atoms with van der Waals surface area (Å²) in [6.07, 6.45) is 1.35. The lowest BCUT2D eigenvalue weighted by Gasteiger charge is -2.25. The summed E-state index contributed by atoms with van der Waals surface area (Å²) in [6, 6.07) is 6.43. The maximum Gasteiger partial charge on any atom is 0.180 e. The molecule has 0 aliphatic carbocycles. The lowest BCUT2D eigenvalue weighted by Crippen LogP contribution is -2.35. The second-order valence-corrected chi connectivity index (χ2v) is 9.47. The predicted molar refractivity (Wildman–Crippen MR) is 79.5 cm³/mol. The average Bonchev–Trinajstić information content (AvgIpc) is 2.38. The van der Waals surface area contributed by atoms with Crippen LogP contribution in [0, 0.1) is 0 Å². The van der Waals surface area contributed by atoms with E-state index in [1.165, 1.54) is 0 Å². The molecule has 1 saturated heterocycles. The maximum atomic E-state index is 12.0. The molecule has 0 saturated carbocycles. The molecule has 7 heteroatoms. The summed E-state index contributed by atoms with van der Waals surface area (Å²) in [6.45, 7) is 1.59. The summed E-state index contributed by atoms with van der Waals surface area (Å²) >= 11 is 0. The van der Waals surface area contributed by atoms with Crippen molar-refractivity contribution in [2.24, 2.45) is 0 Å². The van der Waals surface area contributed by atoms with Crippen LogP contribution in [0.5, 0.6) is 0 Å². The summed E-state index contributed by atoms with van der Waals surface area (Å²) in [5, 5.41) is 3.09. The van der Waals surface area contributed by atoms with Crippen LogP contribution in [0.1, 0.15) is 19.8 Å². The lowest BCUT2D eigenvalue weighted by atomic mass is 10.1. The van der Waals surface area contributed by atoms with Crippen molar-refractivity contribution in [1.29, 1.82) is 0 Å². The molecule has 0 aromatic heterocycles. The van der Waals surface area contributed by atoms with E-state index in [4.69, 9.17) is 0 Å². The Hall–Kier alpha value is -1.08. The molecule has 1 N–H and O–H groups in total. The van der Waals surface area contributed by atoms with E-state index in [-0.39, 0.29) is 28.2 Å². The van der Waals surface area contributed by atoms with Crippen LogP contribution in [-0.2, 0) is 19.7 Å². The van der Waals surface area contributed by atoms with E-state index in [0.717, 1.165) is 6.42 Å². The van der Waals surface area contributed by atoms with E-state index in [0.29, 0.717) is 12.1 Å². The number of hydrogen-bond acceptors (Lipinski definition) is 5. The first kappa shape index (κ1) is 15.3. The molecule has 0 amide bonds. The molecule has 1 heterocycles. The van der Waals surface area contributed by atoms with Gasteiger partial charge in [-0.05, 0) is 25.0 Å². The SMILES string of the molecule is CCS(=O)(=O)c1ccccc1NC1CCCS(=O)(=O)C1. The first-order valence-electron chi connectivity index (χ1n) is 6.63. The number of hydrogen-bond donors (Lipinski definition) is 1. The van der Waals surface area contributed by atoms with Crippen molar-refractivity contribution in [2.75, 3.05) is 22.6 Å². The number of rotatable bonds is 4. The molecule has 5 nitrogen and oxygen atoms in total. The van der Waals surface area contributed by atoms with Crippen LogP contribution in [0.2, 0.25) is 0 Å². The van der Waals surface area contributed by atoms with E-state index in [1.807, 2.05) is 0 Å². The Kier molecular flexibility index (Phi) is 4.39. The van der Waals surface area contributed by atoms with Crippen LogP contribution in [0.25, 0.3) is 0 Å². The van der Waals surface area contributed by atoms with Gasteiger partial charge in [-0.2, -0.15) is 0 Å². The zero-order chi connectivity index (χ0) is 14.8. The van der Waals surface area contributed by atoms with Gasteiger partial charge in [0.05, 0.1) is 27.8 Å². The van der Waals surface area contributed by atoms with Gasteiger partial charge in [-0.25, -0.2) is 16.8 Å². The molecule has 1 aromatic carbocycles. The minimum absolute atomic E-state index is 0.0225. The van der Waals surface area contributed by atoms with Crippen LogP contribution >= 0.6 is 0 Å². The summed E-state index contributed by atoms with van der Waals surface area (Å²) in [4.78, 5) is 0.241. The van der Waals surface area contributed by atoms with Crippen LogP contribution in [0.4, 0.5) is 5.69 Å². The largest absolute Gasteiger partial charge is 0.380 e. The highest BCUT2D eigenvalue weighted by Gasteiger charge is 2.26. The lowest BCUT2D eigenvalue weighted by molar-refractivity contribution is 0.561. The molecule has 0 spiro atoms. The summed E-state index contributed by atoms with van der Waals surface area (Å²) in [7, 11) is -6.34. The highest BCUT2D eigenvalue weighted by Crippen LogP contribution is 2.25. The minimum Gasteiger partial charge on any atom is -0.380 e. The fraction of sp³-hybridized carbons (Fsp3) is 0.538. The van der Waals surface area contributed by atoms with Crippen LogP contribution in [0.3, 0.4) is 0 Å². The zero-order valence-corrected chi connectivity index (χ0v) is 13.0. The Morgan fingerprint density at radius 1 is 1.30 bits per heavy atom. The van der Waals surface area contributed by atoms with E-state index < -0.39 is 19.7 Å². The fourth-order valence-electron chi connectivity index (χ4n) is 2.37. The Morgan fingerprint density at radius 3 is 2.65 bits per heavy atom. The summed E-state index contributed by atoms with van der Waals surface area (Å²) in [5.74, 6) is 0.308. The molecule has 1 atom stereocenters. The Morgan fingerprint density at radius 2 is 2.00 bits per heavy atom. The first-order chi connectivity index (χ1) is 9.34. The highest BCUT2D eigenvalue weighted by atomic mass is 32.2. The van der Waals surface area contributed by atoms with E-state index >= 15 is 0 Å². The van der Waals surface area contributed by atoms with Gasteiger partial charge < -0.3 is 5.32 Å². The first-order valence-corrected chi connectivity index (χ1v) is 10.1. The molecule has 2 rings (SSSR count). The highest BCUT2D eigenvalue weighted by molar-refractivity contribution is 7.91. The molecule has 1 aromatic rings. The number of para-hydroxylation sites is 1. The number of benzene rings is 1. The quantitative estimate of drug-likeness (QED) is 0.909.